The molecule has 4 heterocycles. The van der Waals surface area contributed by atoms with E-state index in [-0.39, 0.29) is 17.0 Å². The molecule has 1 aromatic carbocycles. The highest BCUT2D eigenvalue weighted by molar-refractivity contribution is 5.77. The van der Waals surface area contributed by atoms with E-state index in [9.17, 15) is 4.79 Å². The third kappa shape index (κ3) is 3.81. The molecule has 3 aromatic rings. The zero-order chi connectivity index (χ0) is 26.6. The third-order valence-corrected chi connectivity index (χ3v) is 9.83. The number of aromatic nitrogens is 7. The van der Waals surface area contributed by atoms with Gasteiger partial charge in [0.05, 0.1) is 11.0 Å². The SMILES string of the molecule is CC(C)(C)n1nnc(C2(c3ccc(C4CN(C(=O)N5CC6(CC(c7nnc(C8CC8)[nH]7)C6)C5)C4)cc3)CC2)n1. The van der Waals surface area contributed by atoms with E-state index in [2.05, 4.69) is 70.5 Å². The van der Waals surface area contributed by atoms with E-state index in [4.69, 9.17) is 5.10 Å². The fraction of sp³-hybridized carbons (Fsp3) is 0.655. The number of hydrogen-bond donors (Lipinski definition) is 1. The lowest BCUT2D eigenvalue weighted by atomic mass is 9.57. The molecule has 1 spiro atoms. The van der Waals surface area contributed by atoms with Gasteiger partial charge in [0.1, 0.15) is 11.6 Å². The predicted molar refractivity (Wildman–Crippen MR) is 143 cm³/mol. The van der Waals surface area contributed by atoms with Crippen LogP contribution in [0.25, 0.3) is 0 Å². The molecule has 10 nitrogen and oxygen atoms in total. The van der Waals surface area contributed by atoms with E-state index in [0.717, 1.165) is 69.3 Å². The molecule has 3 saturated carbocycles. The minimum atomic E-state index is -0.174. The summed E-state index contributed by atoms with van der Waals surface area (Å²) in [5.74, 6) is 4.48. The minimum absolute atomic E-state index is 0.0927. The quantitative estimate of drug-likeness (QED) is 0.539. The van der Waals surface area contributed by atoms with Crippen molar-refractivity contribution in [2.45, 2.75) is 88.0 Å². The van der Waals surface area contributed by atoms with Gasteiger partial charge in [-0.2, -0.15) is 4.80 Å². The second kappa shape index (κ2) is 7.88. The maximum atomic E-state index is 13.1. The van der Waals surface area contributed by atoms with Gasteiger partial charge in [-0.3, -0.25) is 0 Å². The molecule has 8 rings (SSSR count). The Labute approximate surface area is 228 Å². The largest absolute Gasteiger partial charge is 0.328 e. The fourth-order valence-electron chi connectivity index (χ4n) is 6.93. The predicted octanol–water partition coefficient (Wildman–Crippen LogP) is 3.90. The van der Waals surface area contributed by atoms with Gasteiger partial charge in [0.15, 0.2) is 5.82 Å². The van der Waals surface area contributed by atoms with Crippen molar-refractivity contribution in [3.8, 4) is 0 Å². The monoisotopic (exact) mass is 527 g/mol. The van der Waals surface area contributed by atoms with Gasteiger partial charge in [-0.1, -0.05) is 24.3 Å². The van der Waals surface area contributed by atoms with Crippen LogP contribution >= 0.6 is 0 Å². The minimum Gasteiger partial charge on any atom is -0.328 e. The van der Waals surface area contributed by atoms with Gasteiger partial charge in [-0.15, -0.1) is 20.4 Å². The number of carbonyl (C=O) groups is 1. The Morgan fingerprint density at radius 1 is 0.897 bits per heavy atom. The van der Waals surface area contributed by atoms with Crippen LogP contribution in [0.1, 0.15) is 106 Å². The molecule has 10 heteroatoms. The molecule has 0 bridgehead atoms. The highest BCUT2D eigenvalue weighted by Gasteiger charge is 2.56. The molecule has 5 aliphatic rings. The highest BCUT2D eigenvalue weighted by Crippen LogP contribution is 2.56. The van der Waals surface area contributed by atoms with Crippen molar-refractivity contribution in [2.75, 3.05) is 26.2 Å². The summed E-state index contributed by atoms with van der Waals surface area (Å²) < 4.78 is 0. The van der Waals surface area contributed by atoms with E-state index in [1.165, 1.54) is 24.0 Å². The van der Waals surface area contributed by atoms with Crippen LogP contribution < -0.4 is 0 Å². The van der Waals surface area contributed by atoms with E-state index in [0.29, 0.717) is 23.2 Å². The van der Waals surface area contributed by atoms with Gasteiger partial charge in [-0.05, 0) is 75.6 Å². The molecule has 2 amide bonds. The Morgan fingerprint density at radius 3 is 2.15 bits per heavy atom. The van der Waals surface area contributed by atoms with Gasteiger partial charge >= 0.3 is 6.03 Å². The van der Waals surface area contributed by atoms with Crippen molar-refractivity contribution in [1.29, 1.82) is 0 Å². The maximum absolute atomic E-state index is 13.1. The van der Waals surface area contributed by atoms with Crippen molar-refractivity contribution < 1.29 is 4.79 Å². The Hall–Kier alpha value is -3.30. The number of nitrogens with zero attached hydrogens (tertiary/aromatic N) is 8. The second-order valence-corrected chi connectivity index (χ2v) is 14.0. The number of carbonyl (C=O) groups excluding carboxylic acids is 1. The number of benzene rings is 1. The summed E-state index contributed by atoms with van der Waals surface area (Å²) in [5, 5.41) is 22.2. The van der Waals surface area contributed by atoms with Crippen LogP contribution in [0, 0.1) is 5.41 Å². The highest BCUT2D eigenvalue weighted by atomic mass is 16.2. The number of hydrogen-bond acceptors (Lipinski definition) is 6. The summed E-state index contributed by atoms with van der Waals surface area (Å²) in [5.41, 5.74) is 2.62. The number of rotatable bonds is 5. The number of nitrogens with one attached hydrogen (secondary N) is 1. The van der Waals surface area contributed by atoms with Crippen LogP contribution in [0.2, 0.25) is 0 Å². The molecule has 2 aromatic heterocycles. The normalized spacial score (nSPS) is 23.9. The Bertz CT molecular complexity index is 1410. The number of H-pyrrole nitrogens is 1. The molecule has 0 atom stereocenters. The Balaban J connectivity index is 0.834. The zero-order valence-electron chi connectivity index (χ0n) is 23.1. The molecule has 5 fully saturated rings. The molecular formula is C29H37N9O. The van der Waals surface area contributed by atoms with Crippen molar-refractivity contribution in [1.82, 2.24) is 45.2 Å². The number of aromatic amines is 1. The molecule has 39 heavy (non-hydrogen) atoms. The first-order valence-corrected chi connectivity index (χ1v) is 14.6. The van der Waals surface area contributed by atoms with Gasteiger partial charge < -0.3 is 14.8 Å². The van der Waals surface area contributed by atoms with Crippen molar-refractivity contribution in [3.05, 3.63) is 52.9 Å². The zero-order valence-corrected chi connectivity index (χ0v) is 23.1. The van der Waals surface area contributed by atoms with Crippen molar-refractivity contribution >= 4 is 6.03 Å². The van der Waals surface area contributed by atoms with Gasteiger partial charge in [0.2, 0.25) is 0 Å². The van der Waals surface area contributed by atoms with Crippen LogP contribution in [-0.2, 0) is 11.0 Å². The lowest BCUT2D eigenvalue weighted by Crippen LogP contribution is -2.67. The molecule has 0 unspecified atom stereocenters. The molecule has 2 aliphatic heterocycles. The summed E-state index contributed by atoms with van der Waals surface area (Å²) in [4.78, 5) is 22.3. The second-order valence-electron chi connectivity index (χ2n) is 14.0. The first-order chi connectivity index (χ1) is 18.7. The standard InChI is InChI=1S/C29H37N9O/c1-27(2,3)38-34-25(33-35-38)29(10-11-29)22-8-6-18(7-9-22)21-14-36(15-21)26(39)37-16-28(17-37)12-20(13-28)24-30-23(31-32-24)19-4-5-19/h6-9,19-21H,4-5,10-17H2,1-3H3,(H,30,31,32). The summed E-state index contributed by atoms with van der Waals surface area (Å²) in [7, 11) is 0. The molecule has 3 aliphatic carbocycles. The molecule has 2 saturated heterocycles. The maximum Gasteiger partial charge on any atom is 0.320 e. The summed E-state index contributed by atoms with van der Waals surface area (Å²) >= 11 is 0. The number of amides is 2. The number of urea groups is 1. The van der Waals surface area contributed by atoms with E-state index in [1.54, 1.807) is 4.80 Å². The van der Waals surface area contributed by atoms with E-state index >= 15 is 0 Å². The summed E-state index contributed by atoms with van der Waals surface area (Å²) in [6.07, 6.45) is 6.84. The topological polar surface area (TPSA) is 109 Å². The lowest BCUT2D eigenvalue weighted by Gasteiger charge is -2.59. The number of likely N-dealkylation sites (tertiary alicyclic amines) is 2. The Morgan fingerprint density at radius 2 is 1.56 bits per heavy atom. The first kappa shape index (κ1) is 23.6. The summed E-state index contributed by atoms with van der Waals surface area (Å²) in [6.45, 7) is 9.65. The smallest absolute Gasteiger partial charge is 0.320 e. The van der Waals surface area contributed by atoms with Crippen LogP contribution in [0.3, 0.4) is 0 Å². The average Bonchev–Trinajstić information content (AvgIpc) is 3.74. The van der Waals surface area contributed by atoms with Gasteiger partial charge in [0, 0.05) is 49.3 Å². The third-order valence-electron chi connectivity index (χ3n) is 9.83. The van der Waals surface area contributed by atoms with E-state index in [1.807, 2.05) is 9.80 Å². The molecule has 204 valence electrons. The molecule has 0 radical (unpaired) electrons. The van der Waals surface area contributed by atoms with E-state index < -0.39 is 0 Å². The van der Waals surface area contributed by atoms with Crippen molar-refractivity contribution in [2.24, 2.45) is 5.41 Å². The van der Waals surface area contributed by atoms with Crippen LogP contribution in [0.5, 0.6) is 0 Å². The summed E-state index contributed by atoms with van der Waals surface area (Å²) in [6, 6.07) is 9.15. The van der Waals surface area contributed by atoms with Crippen LogP contribution in [0.15, 0.2) is 24.3 Å². The van der Waals surface area contributed by atoms with Crippen LogP contribution in [-0.4, -0.2) is 77.4 Å². The number of tetrazole rings is 1. The molecular weight excluding hydrogens is 490 g/mol. The average molecular weight is 528 g/mol. The fourth-order valence-corrected chi connectivity index (χ4v) is 6.93. The van der Waals surface area contributed by atoms with Gasteiger partial charge in [0.25, 0.3) is 0 Å². The Kier molecular flexibility index (Phi) is 4.77. The lowest BCUT2D eigenvalue weighted by molar-refractivity contribution is -0.0601. The first-order valence-electron chi connectivity index (χ1n) is 14.6. The molecule has 1 N–H and O–H groups in total. The van der Waals surface area contributed by atoms with Gasteiger partial charge in [-0.25, -0.2) is 4.79 Å². The van der Waals surface area contributed by atoms with Crippen molar-refractivity contribution in [3.63, 3.8) is 0 Å². The van der Waals surface area contributed by atoms with Crippen LogP contribution in [0.4, 0.5) is 4.79 Å².